The molecule has 1 aliphatic heterocycles. The van der Waals surface area contributed by atoms with Crippen LogP contribution in [0.5, 0.6) is 0 Å². The summed E-state index contributed by atoms with van der Waals surface area (Å²) in [4.78, 5) is 12.9. The van der Waals surface area contributed by atoms with Crippen LogP contribution < -0.4 is 5.32 Å². The van der Waals surface area contributed by atoms with Crippen LogP contribution in [0, 0.1) is 0 Å². The van der Waals surface area contributed by atoms with E-state index in [1.54, 1.807) is 11.8 Å². The molecule has 2 nitrogen and oxygen atoms in total. The number of benzene rings is 1. The third kappa shape index (κ3) is 2.74. The van der Waals surface area contributed by atoms with Gasteiger partial charge >= 0.3 is 0 Å². The number of hydrogen-bond donors (Lipinski definition) is 1. The van der Waals surface area contributed by atoms with Gasteiger partial charge in [0.2, 0.25) is 5.91 Å². The fourth-order valence-electron chi connectivity index (χ4n) is 1.86. The first-order valence-corrected chi connectivity index (χ1v) is 7.69. The summed E-state index contributed by atoms with van der Waals surface area (Å²) in [5.41, 5.74) is 1.27. The lowest BCUT2D eigenvalue weighted by Gasteiger charge is -2.25. The first-order chi connectivity index (χ1) is 7.81. The second kappa shape index (κ2) is 5.64. The van der Waals surface area contributed by atoms with E-state index in [1.165, 1.54) is 10.5 Å². The van der Waals surface area contributed by atoms with Crippen LogP contribution >= 0.6 is 23.5 Å². The van der Waals surface area contributed by atoms with Crippen LogP contribution in [0.2, 0.25) is 0 Å². The maximum atomic E-state index is 11.6. The van der Waals surface area contributed by atoms with Crippen molar-refractivity contribution in [3.05, 3.63) is 29.8 Å². The van der Waals surface area contributed by atoms with Crippen LogP contribution in [0.4, 0.5) is 0 Å². The molecule has 1 atom stereocenters. The fourth-order valence-corrected chi connectivity index (χ4v) is 3.33. The Morgan fingerprint density at radius 2 is 2.38 bits per heavy atom. The van der Waals surface area contributed by atoms with Gasteiger partial charge in [0.05, 0.1) is 11.8 Å². The first kappa shape index (κ1) is 11.9. The van der Waals surface area contributed by atoms with Crippen LogP contribution in [0.3, 0.4) is 0 Å². The van der Waals surface area contributed by atoms with E-state index >= 15 is 0 Å². The molecule has 0 aromatic heterocycles. The Balaban J connectivity index is 2.10. The van der Waals surface area contributed by atoms with E-state index < -0.39 is 0 Å². The number of amides is 1. The molecule has 2 rings (SSSR count). The number of rotatable bonds is 3. The Kier molecular flexibility index (Phi) is 4.18. The molecule has 0 spiro atoms. The lowest BCUT2D eigenvalue weighted by molar-refractivity contribution is -0.119. The molecule has 0 fully saturated rings. The van der Waals surface area contributed by atoms with Crippen molar-refractivity contribution in [1.82, 2.24) is 5.32 Å². The number of thioether (sulfide) groups is 2. The van der Waals surface area contributed by atoms with Crippen LogP contribution in [0.25, 0.3) is 0 Å². The predicted molar refractivity (Wildman–Crippen MR) is 71.0 cm³/mol. The molecule has 1 heterocycles. The number of hydrogen-bond acceptors (Lipinski definition) is 3. The summed E-state index contributed by atoms with van der Waals surface area (Å²) < 4.78 is 0. The molecule has 0 radical (unpaired) electrons. The topological polar surface area (TPSA) is 29.1 Å². The third-order valence-corrected chi connectivity index (χ3v) is 4.24. The van der Waals surface area contributed by atoms with Crippen molar-refractivity contribution in [1.29, 1.82) is 0 Å². The number of carbonyl (C=O) groups excluding carboxylic acids is 1. The molecule has 4 heteroatoms. The largest absolute Gasteiger partial charge is 0.349 e. The SMILES string of the molecule is CSCC(=O)N[C@@H]1CCSc2ccccc21. The molecule has 86 valence electrons. The molecule has 1 aromatic rings. The predicted octanol–water partition coefficient (Wildman–Crippen LogP) is 2.70. The highest BCUT2D eigenvalue weighted by Gasteiger charge is 2.21. The first-order valence-electron chi connectivity index (χ1n) is 5.31. The molecule has 0 saturated heterocycles. The standard InChI is InChI=1S/C12H15NOS2/c1-15-8-12(14)13-10-6-7-16-11-5-3-2-4-9(10)11/h2-5,10H,6-8H2,1H3,(H,13,14)/t10-/m1/s1. The fraction of sp³-hybridized carbons (Fsp3) is 0.417. The molecule has 16 heavy (non-hydrogen) atoms. The maximum absolute atomic E-state index is 11.6. The molecule has 1 aliphatic rings. The van der Waals surface area contributed by atoms with Crippen LogP contribution in [0.1, 0.15) is 18.0 Å². The van der Waals surface area contributed by atoms with Gasteiger partial charge in [-0.3, -0.25) is 4.79 Å². The summed E-state index contributed by atoms with van der Waals surface area (Å²) in [6.07, 6.45) is 2.98. The lowest BCUT2D eigenvalue weighted by Crippen LogP contribution is -2.31. The highest BCUT2D eigenvalue weighted by atomic mass is 32.2. The van der Waals surface area contributed by atoms with Crippen molar-refractivity contribution in [3.8, 4) is 0 Å². The van der Waals surface area contributed by atoms with E-state index in [-0.39, 0.29) is 11.9 Å². The van der Waals surface area contributed by atoms with E-state index in [4.69, 9.17) is 0 Å². The average Bonchev–Trinajstić information content (AvgIpc) is 2.30. The van der Waals surface area contributed by atoms with Gasteiger partial charge in [-0.05, 0) is 24.3 Å². The minimum atomic E-state index is 0.138. The van der Waals surface area contributed by atoms with Gasteiger partial charge < -0.3 is 5.32 Å². The highest BCUT2D eigenvalue weighted by Crippen LogP contribution is 2.35. The van der Waals surface area contributed by atoms with E-state index in [1.807, 2.05) is 24.1 Å². The van der Waals surface area contributed by atoms with Crippen molar-refractivity contribution in [2.75, 3.05) is 17.8 Å². The van der Waals surface area contributed by atoms with Crippen LogP contribution in [-0.4, -0.2) is 23.7 Å². The van der Waals surface area contributed by atoms with Crippen molar-refractivity contribution < 1.29 is 4.79 Å². The van der Waals surface area contributed by atoms with E-state index in [9.17, 15) is 4.79 Å². The lowest BCUT2D eigenvalue weighted by atomic mass is 10.0. The molecule has 1 aromatic carbocycles. The Labute approximate surface area is 105 Å². The molecule has 0 aliphatic carbocycles. The smallest absolute Gasteiger partial charge is 0.230 e. The van der Waals surface area contributed by atoms with Crippen molar-refractivity contribution in [3.63, 3.8) is 0 Å². The number of fused-ring (bicyclic) bond motifs is 1. The summed E-state index contributed by atoms with van der Waals surface area (Å²) in [6, 6.07) is 8.55. The van der Waals surface area contributed by atoms with Gasteiger partial charge in [-0.15, -0.1) is 11.8 Å². The molecule has 1 amide bonds. The zero-order valence-electron chi connectivity index (χ0n) is 9.23. The van der Waals surface area contributed by atoms with Gasteiger partial charge in [0.15, 0.2) is 0 Å². The number of nitrogens with one attached hydrogen (secondary N) is 1. The van der Waals surface area contributed by atoms with Gasteiger partial charge in [-0.2, -0.15) is 11.8 Å². The summed E-state index contributed by atoms with van der Waals surface area (Å²) >= 11 is 3.44. The monoisotopic (exact) mass is 253 g/mol. The molecule has 1 N–H and O–H groups in total. The van der Waals surface area contributed by atoms with Crippen molar-refractivity contribution >= 4 is 29.4 Å². The quantitative estimate of drug-likeness (QED) is 0.898. The van der Waals surface area contributed by atoms with Crippen LogP contribution in [0.15, 0.2) is 29.2 Å². The minimum absolute atomic E-state index is 0.138. The summed E-state index contributed by atoms with van der Waals surface area (Å²) in [6.45, 7) is 0. The van der Waals surface area contributed by atoms with Gasteiger partial charge in [0.1, 0.15) is 0 Å². The maximum Gasteiger partial charge on any atom is 0.230 e. The van der Waals surface area contributed by atoms with E-state index in [0.717, 1.165) is 12.2 Å². The Hall–Kier alpha value is -0.610. The molecular formula is C12H15NOS2. The summed E-state index contributed by atoms with van der Waals surface area (Å²) in [5.74, 6) is 1.77. The highest BCUT2D eigenvalue weighted by molar-refractivity contribution is 7.99. The zero-order chi connectivity index (χ0) is 11.4. The van der Waals surface area contributed by atoms with Crippen LogP contribution in [-0.2, 0) is 4.79 Å². The Bertz CT molecular complexity index is 381. The zero-order valence-corrected chi connectivity index (χ0v) is 10.9. The molecule has 0 bridgehead atoms. The third-order valence-electron chi connectivity index (χ3n) is 2.57. The molecular weight excluding hydrogens is 238 g/mol. The Morgan fingerprint density at radius 1 is 1.56 bits per heavy atom. The van der Waals surface area contributed by atoms with E-state index in [2.05, 4.69) is 23.5 Å². The average molecular weight is 253 g/mol. The summed E-state index contributed by atoms with van der Waals surface area (Å²) in [7, 11) is 0. The van der Waals surface area contributed by atoms with E-state index in [0.29, 0.717) is 5.75 Å². The van der Waals surface area contributed by atoms with Crippen molar-refractivity contribution in [2.24, 2.45) is 0 Å². The van der Waals surface area contributed by atoms with Crippen molar-refractivity contribution in [2.45, 2.75) is 17.4 Å². The second-order valence-corrected chi connectivity index (χ2v) is 5.73. The summed E-state index contributed by atoms with van der Waals surface area (Å²) in [5, 5.41) is 3.10. The normalized spacial score (nSPS) is 18.9. The van der Waals surface area contributed by atoms with Gasteiger partial charge in [-0.1, -0.05) is 18.2 Å². The van der Waals surface area contributed by atoms with Gasteiger partial charge in [0.25, 0.3) is 0 Å². The molecule has 0 unspecified atom stereocenters. The minimum Gasteiger partial charge on any atom is -0.349 e. The second-order valence-electron chi connectivity index (χ2n) is 3.73. The molecule has 0 saturated carbocycles. The van der Waals surface area contributed by atoms with Gasteiger partial charge in [0, 0.05) is 10.6 Å². The van der Waals surface area contributed by atoms with Gasteiger partial charge in [-0.25, -0.2) is 0 Å². The number of carbonyl (C=O) groups is 1. The Morgan fingerprint density at radius 3 is 3.19 bits per heavy atom.